The second-order valence-electron chi connectivity index (χ2n) is 7.17. The average molecular weight is 250 g/mol. The van der Waals surface area contributed by atoms with E-state index in [9.17, 15) is 0 Å². The fourth-order valence-electron chi connectivity index (χ4n) is 4.27. The van der Waals surface area contributed by atoms with Gasteiger partial charge in [-0.15, -0.1) is 0 Å². The topological polar surface area (TPSA) is 15.3 Å². The van der Waals surface area contributed by atoms with Crippen molar-refractivity contribution >= 4 is 0 Å². The first-order valence-electron chi connectivity index (χ1n) is 8.20. The van der Waals surface area contributed by atoms with Gasteiger partial charge in [0.25, 0.3) is 0 Å². The van der Waals surface area contributed by atoms with Crippen LogP contribution in [0.25, 0.3) is 0 Å². The van der Waals surface area contributed by atoms with Crippen LogP contribution in [0, 0.1) is 11.8 Å². The van der Waals surface area contributed by atoms with E-state index in [0.29, 0.717) is 5.54 Å². The summed E-state index contributed by atoms with van der Waals surface area (Å²) in [6.45, 7) is 8.62. The van der Waals surface area contributed by atoms with Gasteiger partial charge in [-0.1, -0.05) is 13.3 Å². The number of piperazine rings is 1. The molecule has 3 fully saturated rings. The fourth-order valence-corrected chi connectivity index (χ4v) is 4.27. The molecule has 104 valence electrons. The minimum Gasteiger partial charge on any atom is -0.309 e. The van der Waals surface area contributed by atoms with Crippen molar-refractivity contribution in [2.45, 2.75) is 70.4 Å². The summed E-state index contributed by atoms with van der Waals surface area (Å²) in [6.07, 6.45) is 10.2. The van der Waals surface area contributed by atoms with Gasteiger partial charge in [-0.25, -0.2) is 0 Å². The van der Waals surface area contributed by atoms with Crippen LogP contribution >= 0.6 is 0 Å². The monoisotopic (exact) mass is 250 g/mol. The molecule has 0 amide bonds. The summed E-state index contributed by atoms with van der Waals surface area (Å²) >= 11 is 0. The second-order valence-corrected chi connectivity index (χ2v) is 7.17. The van der Waals surface area contributed by atoms with Crippen molar-refractivity contribution in [1.29, 1.82) is 0 Å². The zero-order chi connectivity index (χ0) is 12.6. The van der Waals surface area contributed by atoms with Crippen molar-refractivity contribution in [1.82, 2.24) is 10.2 Å². The van der Waals surface area contributed by atoms with Crippen LogP contribution < -0.4 is 5.32 Å². The molecule has 1 saturated heterocycles. The standard InChI is InChI=1S/C16H30N2/c1-3-13-4-8-15(9-5-13)18-11-10-17-16(2,12-18)14-6-7-14/h13-15,17H,3-12H2,1-2H3. The Morgan fingerprint density at radius 1 is 1.11 bits per heavy atom. The highest BCUT2D eigenvalue weighted by Gasteiger charge is 2.44. The van der Waals surface area contributed by atoms with E-state index < -0.39 is 0 Å². The molecule has 1 unspecified atom stereocenters. The van der Waals surface area contributed by atoms with Gasteiger partial charge in [-0.3, -0.25) is 4.90 Å². The first-order valence-corrected chi connectivity index (χ1v) is 8.20. The van der Waals surface area contributed by atoms with Crippen LogP contribution in [0.15, 0.2) is 0 Å². The van der Waals surface area contributed by atoms with Crippen molar-refractivity contribution in [2.24, 2.45) is 11.8 Å². The molecule has 1 N–H and O–H groups in total. The summed E-state index contributed by atoms with van der Waals surface area (Å²) in [4.78, 5) is 2.82. The van der Waals surface area contributed by atoms with Crippen molar-refractivity contribution in [3.8, 4) is 0 Å². The van der Waals surface area contributed by atoms with Gasteiger partial charge in [0.05, 0.1) is 0 Å². The molecule has 2 nitrogen and oxygen atoms in total. The molecule has 2 saturated carbocycles. The van der Waals surface area contributed by atoms with Crippen molar-refractivity contribution in [3.05, 3.63) is 0 Å². The largest absolute Gasteiger partial charge is 0.309 e. The van der Waals surface area contributed by atoms with Crippen LogP contribution in [-0.4, -0.2) is 36.1 Å². The zero-order valence-electron chi connectivity index (χ0n) is 12.3. The first kappa shape index (κ1) is 12.9. The summed E-state index contributed by atoms with van der Waals surface area (Å²) in [5.74, 6) is 1.99. The van der Waals surface area contributed by atoms with Gasteiger partial charge < -0.3 is 5.32 Å². The van der Waals surface area contributed by atoms with Gasteiger partial charge in [0.2, 0.25) is 0 Å². The number of hydrogen-bond donors (Lipinski definition) is 1. The Morgan fingerprint density at radius 3 is 2.44 bits per heavy atom. The summed E-state index contributed by atoms with van der Waals surface area (Å²) in [5, 5.41) is 3.80. The Bertz CT molecular complexity index is 279. The third-order valence-electron chi connectivity index (χ3n) is 5.85. The lowest BCUT2D eigenvalue weighted by Crippen LogP contribution is -2.62. The van der Waals surface area contributed by atoms with E-state index in [-0.39, 0.29) is 0 Å². The molecule has 0 bridgehead atoms. The van der Waals surface area contributed by atoms with E-state index in [4.69, 9.17) is 0 Å². The van der Waals surface area contributed by atoms with Crippen LogP contribution in [0.5, 0.6) is 0 Å². The lowest BCUT2D eigenvalue weighted by molar-refractivity contribution is 0.0623. The van der Waals surface area contributed by atoms with Crippen LogP contribution in [0.3, 0.4) is 0 Å². The van der Waals surface area contributed by atoms with E-state index >= 15 is 0 Å². The quantitative estimate of drug-likeness (QED) is 0.828. The Hall–Kier alpha value is -0.0800. The Morgan fingerprint density at radius 2 is 1.83 bits per heavy atom. The van der Waals surface area contributed by atoms with Gasteiger partial charge in [0, 0.05) is 31.2 Å². The highest BCUT2D eigenvalue weighted by Crippen LogP contribution is 2.41. The van der Waals surface area contributed by atoms with E-state index in [0.717, 1.165) is 17.9 Å². The second kappa shape index (κ2) is 5.13. The van der Waals surface area contributed by atoms with E-state index in [1.54, 1.807) is 0 Å². The highest BCUT2D eigenvalue weighted by molar-refractivity contribution is 5.03. The molecule has 1 atom stereocenters. The van der Waals surface area contributed by atoms with Crippen molar-refractivity contribution < 1.29 is 0 Å². The predicted octanol–water partition coefficient (Wildman–Crippen LogP) is 3.03. The average Bonchev–Trinajstić information content (AvgIpc) is 3.24. The van der Waals surface area contributed by atoms with Crippen LogP contribution in [0.4, 0.5) is 0 Å². The smallest absolute Gasteiger partial charge is 0.0309 e. The van der Waals surface area contributed by atoms with E-state index in [1.807, 2.05) is 0 Å². The third-order valence-corrected chi connectivity index (χ3v) is 5.85. The highest BCUT2D eigenvalue weighted by atomic mass is 15.2. The molecule has 0 aromatic carbocycles. The summed E-state index contributed by atoms with van der Waals surface area (Å²) < 4.78 is 0. The molecule has 0 spiro atoms. The third kappa shape index (κ3) is 2.60. The minimum absolute atomic E-state index is 0.430. The Balaban J connectivity index is 1.56. The summed E-state index contributed by atoms with van der Waals surface area (Å²) in [5.41, 5.74) is 0.430. The normalized spacial score (nSPS) is 43.0. The Labute approximate surface area is 113 Å². The van der Waals surface area contributed by atoms with Crippen LogP contribution in [-0.2, 0) is 0 Å². The molecule has 18 heavy (non-hydrogen) atoms. The molecular weight excluding hydrogens is 220 g/mol. The molecule has 3 aliphatic rings. The molecule has 2 heteroatoms. The summed E-state index contributed by atoms with van der Waals surface area (Å²) in [6, 6.07) is 0.896. The lowest BCUT2D eigenvalue weighted by Gasteiger charge is -2.46. The molecule has 0 radical (unpaired) electrons. The summed E-state index contributed by atoms with van der Waals surface area (Å²) in [7, 11) is 0. The van der Waals surface area contributed by atoms with E-state index in [2.05, 4.69) is 24.1 Å². The van der Waals surface area contributed by atoms with Crippen molar-refractivity contribution in [2.75, 3.05) is 19.6 Å². The maximum Gasteiger partial charge on any atom is 0.0309 e. The van der Waals surface area contributed by atoms with Crippen LogP contribution in [0.1, 0.15) is 58.8 Å². The number of hydrogen-bond acceptors (Lipinski definition) is 2. The molecule has 1 aliphatic heterocycles. The zero-order valence-corrected chi connectivity index (χ0v) is 12.3. The molecule has 0 aromatic heterocycles. The number of rotatable bonds is 3. The van der Waals surface area contributed by atoms with Gasteiger partial charge in [0.15, 0.2) is 0 Å². The van der Waals surface area contributed by atoms with Crippen LogP contribution in [0.2, 0.25) is 0 Å². The Kier molecular flexibility index (Phi) is 3.68. The SMILES string of the molecule is CCC1CCC(N2CCNC(C)(C3CC3)C2)CC1. The molecule has 0 aromatic rings. The maximum atomic E-state index is 3.80. The maximum absolute atomic E-state index is 3.80. The molecule has 3 rings (SSSR count). The number of nitrogens with zero attached hydrogens (tertiary/aromatic N) is 1. The van der Waals surface area contributed by atoms with Gasteiger partial charge >= 0.3 is 0 Å². The molecular formula is C16H30N2. The molecule has 1 heterocycles. The lowest BCUT2D eigenvalue weighted by atomic mass is 9.82. The fraction of sp³-hybridized carbons (Fsp3) is 1.00. The minimum atomic E-state index is 0.430. The predicted molar refractivity (Wildman–Crippen MR) is 76.7 cm³/mol. The van der Waals surface area contributed by atoms with Gasteiger partial charge in [-0.05, 0) is 57.3 Å². The number of nitrogens with one attached hydrogen (secondary N) is 1. The van der Waals surface area contributed by atoms with E-state index in [1.165, 1.54) is 64.6 Å². The van der Waals surface area contributed by atoms with Gasteiger partial charge in [-0.2, -0.15) is 0 Å². The van der Waals surface area contributed by atoms with Crippen molar-refractivity contribution in [3.63, 3.8) is 0 Å². The molecule has 2 aliphatic carbocycles. The first-order chi connectivity index (χ1) is 8.71. The van der Waals surface area contributed by atoms with Gasteiger partial charge in [0.1, 0.15) is 0 Å².